The van der Waals surface area contributed by atoms with Crippen molar-refractivity contribution in [3.63, 3.8) is 0 Å². The molecule has 1 amide bonds. The standard InChI is InChI=1S/C20H19N3O/c1-14-8-10-16(11-9-14)17-5-3-6-18(13-17)20(24)22-15(2)19-7-4-12-21-23-19/h3-13,15H,1-2H3,(H,22,24). The molecule has 0 bridgehead atoms. The summed E-state index contributed by atoms with van der Waals surface area (Å²) in [5, 5.41) is 10.8. The molecule has 0 fully saturated rings. The predicted octanol–water partition coefficient (Wildman–Crippen LogP) is 3.94. The second-order valence-corrected chi connectivity index (χ2v) is 5.79. The lowest BCUT2D eigenvalue weighted by Gasteiger charge is -2.13. The van der Waals surface area contributed by atoms with Gasteiger partial charge in [-0.3, -0.25) is 4.79 Å². The third-order valence-corrected chi connectivity index (χ3v) is 3.89. The van der Waals surface area contributed by atoms with Crippen LogP contribution < -0.4 is 5.32 Å². The monoisotopic (exact) mass is 317 g/mol. The smallest absolute Gasteiger partial charge is 0.251 e. The van der Waals surface area contributed by atoms with Crippen molar-refractivity contribution >= 4 is 5.91 Å². The van der Waals surface area contributed by atoms with Gasteiger partial charge in [0.2, 0.25) is 0 Å². The van der Waals surface area contributed by atoms with E-state index in [-0.39, 0.29) is 11.9 Å². The molecule has 0 aliphatic rings. The van der Waals surface area contributed by atoms with Gasteiger partial charge >= 0.3 is 0 Å². The van der Waals surface area contributed by atoms with Crippen LogP contribution in [0.4, 0.5) is 0 Å². The maximum Gasteiger partial charge on any atom is 0.251 e. The quantitative estimate of drug-likeness (QED) is 0.793. The van der Waals surface area contributed by atoms with Crippen molar-refractivity contribution in [3.8, 4) is 11.1 Å². The van der Waals surface area contributed by atoms with Crippen LogP contribution in [0.5, 0.6) is 0 Å². The maximum atomic E-state index is 12.5. The molecule has 0 aliphatic carbocycles. The topological polar surface area (TPSA) is 54.9 Å². The summed E-state index contributed by atoms with van der Waals surface area (Å²) in [4.78, 5) is 12.5. The molecule has 1 unspecified atom stereocenters. The number of carbonyl (C=O) groups is 1. The lowest BCUT2D eigenvalue weighted by Crippen LogP contribution is -2.27. The van der Waals surface area contributed by atoms with Gasteiger partial charge in [-0.25, -0.2) is 0 Å². The van der Waals surface area contributed by atoms with E-state index in [0.717, 1.165) is 16.8 Å². The van der Waals surface area contributed by atoms with Crippen LogP contribution in [0.3, 0.4) is 0 Å². The summed E-state index contributed by atoms with van der Waals surface area (Å²) in [5.41, 5.74) is 4.70. The van der Waals surface area contributed by atoms with Crippen molar-refractivity contribution in [3.05, 3.63) is 83.7 Å². The van der Waals surface area contributed by atoms with Crippen LogP contribution in [0.2, 0.25) is 0 Å². The molecule has 0 saturated heterocycles. The molecule has 120 valence electrons. The maximum absolute atomic E-state index is 12.5. The summed E-state index contributed by atoms with van der Waals surface area (Å²) >= 11 is 0. The van der Waals surface area contributed by atoms with E-state index in [4.69, 9.17) is 0 Å². The van der Waals surface area contributed by atoms with E-state index in [1.54, 1.807) is 6.20 Å². The van der Waals surface area contributed by atoms with E-state index in [0.29, 0.717) is 5.56 Å². The Labute approximate surface area is 141 Å². The fourth-order valence-corrected chi connectivity index (χ4v) is 2.48. The van der Waals surface area contributed by atoms with Gasteiger partial charge < -0.3 is 5.32 Å². The Kier molecular flexibility index (Phi) is 4.66. The Morgan fingerprint density at radius 3 is 2.50 bits per heavy atom. The van der Waals surface area contributed by atoms with Gasteiger partial charge in [-0.2, -0.15) is 10.2 Å². The Hall–Kier alpha value is -3.01. The lowest BCUT2D eigenvalue weighted by molar-refractivity contribution is 0.0939. The molecular formula is C20H19N3O. The number of nitrogens with zero attached hydrogens (tertiary/aromatic N) is 2. The molecule has 24 heavy (non-hydrogen) atoms. The summed E-state index contributed by atoms with van der Waals surface area (Å²) in [6.45, 7) is 3.95. The molecule has 3 rings (SSSR count). The van der Waals surface area contributed by atoms with Crippen LogP contribution in [0.25, 0.3) is 11.1 Å². The van der Waals surface area contributed by atoms with Gasteiger partial charge in [0.1, 0.15) is 0 Å². The van der Waals surface area contributed by atoms with Crippen molar-refractivity contribution in [1.82, 2.24) is 15.5 Å². The summed E-state index contributed by atoms with van der Waals surface area (Å²) in [7, 11) is 0. The summed E-state index contributed by atoms with van der Waals surface area (Å²) < 4.78 is 0. The van der Waals surface area contributed by atoms with Gasteiger partial charge in [-0.1, -0.05) is 42.0 Å². The zero-order valence-electron chi connectivity index (χ0n) is 13.7. The van der Waals surface area contributed by atoms with Crippen LogP contribution in [-0.4, -0.2) is 16.1 Å². The number of rotatable bonds is 4. The van der Waals surface area contributed by atoms with Crippen molar-refractivity contribution in [2.45, 2.75) is 19.9 Å². The van der Waals surface area contributed by atoms with Crippen LogP contribution in [0, 0.1) is 6.92 Å². The van der Waals surface area contributed by atoms with Gasteiger partial charge in [-0.05, 0) is 49.2 Å². The van der Waals surface area contributed by atoms with Gasteiger partial charge in [0.25, 0.3) is 5.91 Å². The molecule has 3 aromatic rings. The minimum Gasteiger partial charge on any atom is -0.344 e. The molecule has 1 heterocycles. The van der Waals surface area contributed by atoms with Crippen LogP contribution in [0.1, 0.15) is 34.6 Å². The third kappa shape index (κ3) is 3.66. The molecule has 0 radical (unpaired) electrons. The molecule has 2 aromatic carbocycles. The fraction of sp³-hybridized carbons (Fsp3) is 0.150. The Morgan fingerprint density at radius 1 is 1.00 bits per heavy atom. The summed E-state index contributed by atoms with van der Waals surface area (Å²) in [6.07, 6.45) is 1.61. The van der Waals surface area contributed by atoms with Gasteiger partial charge in [-0.15, -0.1) is 0 Å². The van der Waals surface area contributed by atoms with E-state index in [1.807, 2.05) is 43.3 Å². The van der Waals surface area contributed by atoms with Crippen molar-refractivity contribution in [1.29, 1.82) is 0 Å². The molecule has 1 aromatic heterocycles. The average molecular weight is 317 g/mol. The molecular weight excluding hydrogens is 298 g/mol. The Balaban J connectivity index is 1.78. The zero-order valence-corrected chi connectivity index (χ0v) is 13.7. The number of carbonyl (C=O) groups excluding carboxylic acids is 1. The Morgan fingerprint density at radius 2 is 1.79 bits per heavy atom. The number of aryl methyl sites for hydroxylation is 1. The minimum atomic E-state index is -0.200. The Bertz CT molecular complexity index is 829. The summed E-state index contributed by atoms with van der Waals surface area (Å²) in [5.74, 6) is -0.123. The van der Waals surface area contributed by atoms with E-state index in [2.05, 4.69) is 46.7 Å². The fourth-order valence-electron chi connectivity index (χ4n) is 2.48. The third-order valence-electron chi connectivity index (χ3n) is 3.89. The highest BCUT2D eigenvalue weighted by Crippen LogP contribution is 2.21. The van der Waals surface area contributed by atoms with E-state index in [9.17, 15) is 4.79 Å². The highest BCUT2D eigenvalue weighted by molar-refractivity contribution is 5.95. The molecule has 0 spiro atoms. The first kappa shape index (κ1) is 15.9. The zero-order chi connectivity index (χ0) is 16.9. The number of nitrogens with one attached hydrogen (secondary N) is 1. The van der Waals surface area contributed by atoms with E-state index in [1.165, 1.54) is 5.56 Å². The van der Waals surface area contributed by atoms with Gasteiger partial charge in [0.15, 0.2) is 0 Å². The van der Waals surface area contributed by atoms with E-state index < -0.39 is 0 Å². The predicted molar refractivity (Wildman–Crippen MR) is 94.5 cm³/mol. The van der Waals surface area contributed by atoms with Gasteiger partial charge in [0, 0.05) is 11.8 Å². The first-order chi connectivity index (χ1) is 11.6. The van der Waals surface area contributed by atoms with Gasteiger partial charge in [0.05, 0.1) is 11.7 Å². The number of benzene rings is 2. The van der Waals surface area contributed by atoms with Crippen LogP contribution >= 0.6 is 0 Å². The van der Waals surface area contributed by atoms with Crippen molar-refractivity contribution in [2.24, 2.45) is 0 Å². The second kappa shape index (κ2) is 7.04. The van der Waals surface area contributed by atoms with Crippen molar-refractivity contribution < 1.29 is 4.79 Å². The first-order valence-electron chi connectivity index (χ1n) is 7.89. The average Bonchev–Trinajstić information content (AvgIpc) is 2.63. The molecule has 1 N–H and O–H groups in total. The first-order valence-corrected chi connectivity index (χ1v) is 7.89. The SMILES string of the molecule is Cc1ccc(-c2cccc(C(=O)NC(C)c3cccnn3)c2)cc1. The summed E-state index contributed by atoms with van der Waals surface area (Å²) in [6, 6.07) is 19.3. The second-order valence-electron chi connectivity index (χ2n) is 5.79. The molecule has 4 nitrogen and oxygen atoms in total. The minimum absolute atomic E-state index is 0.123. The van der Waals surface area contributed by atoms with E-state index >= 15 is 0 Å². The molecule has 1 atom stereocenters. The number of amides is 1. The lowest BCUT2D eigenvalue weighted by atomic mass is 10.0. The molecule has 4 heteroatoms. The highest BCUT2D eigenvalue weighted by atomic mass is 16.1. The largest absolute Gasteiger partial charge is 0.344 e. The number of hydrogen-bond acceptors (Lipinski definition) is 3. The number of hydrogen-bond donors (Lipinski definition) is 1. The van der Waals surface area contributed by atoms with Crippen LogP contribution in [0.15, 0.2) is 66.9 Å². The molecule has 0 saturated carbocycles. The van der Waals surface area contributed by atoms with Crippen molar-refractivity contribution in [2.75, 3.05) is 0 Å². The highest BCUT2D eigenvalue weighted by Gasteiger charge is 2.13. The number of aromatic nitrogens is 2. The van der Waals surface area contributed by atoms with Crippen LogP contribution in [-0.2, 0) is 0 Å². The normalized spacial score (nSPS) is 11.8. The molecule has 0 aliphatic heterocycles.